The fourth-order valence-electron chi connectivity index (χ4n) is 2.32. The standard InChI is InChI=1S/C14H20N2O5S/c1-15(22(2,19)20)13-4-3-11(9-12(13)14(17)18)10-16-5-7-21-8-6-16/h3-4,9H,5-8,10H2,1-2H3,(H,17,18). The van der Waals surface area contributed by atoms with Crippen LogP contribution in [-0.4, -0.2) is 64.0 Å². The number of morpholine rings is 1. The van der Waals surface area contributed by atoms with E-state index in [9.17, 15) is 18.3 Å². The summed E-state index contributed by atoms with van der Waals surface area (Å²) in [6.07, 6.45) is 1.04. The van der Waals surface area contributed by atoms with E-state index >= 15 is 0 Å². The molecule has 1 aliphatic heterocycles. The summed E-state index contributed by atoms with van der Waals surface area (Å²) in [5.41, 5.74) is 0.990. The van der Waals surface area contributed by atoms with Crippen LogP contribution in [0, 0.1) is 0 Å². The van der Waals surface area contributed by atoms with Gasteiger partial charge in [-0.3, -0.25) is 9.21 Å². The summed E-state index contributed by atoms with van der Waals surface area (Å²) >= 11 is 0. The second kappa shape index (κ2) is 6.64. The molecular formula is C14H20N2O5S. The predicted octanol–water partition coefficient (Wildman–Crippen LogP) is 0.613. The maximum absolute atomic E-state index is 11.6. The first-order valence-electron chi connectivity index (χ1n) is 6.89. The molecule has 1 N–H and O–H groups in total. The third kappa shape index (κ3) is 3.96. The lowest BCUT2D eigenvalue weighted by Gasteiger charge is -2.27. The normalized spacial score (nSPS) is 16.5. The number of rotatable bonds is 5. The summed E-state index contributed by atoms with van der Waals surface area (Å²) < 4.78 is 29.5. The number of carboxylic acid groups (broad SMARTS) is 1. The first-order valence-corrected chi connectivity index (χ1v) is 8.74. The van der Waals surface area contributed by atoms with E-state index < -0.39 is 16.0 Å². The van der Waals surface area contributed by atoms with Crippen LogP contribution < -0.4 is 4.31 Å². The lowest BCUT2D eigenvalue weighted by molar-refractivity contribution is 0.0341. The van der Waals surface area contributed by atoms with Gasteiger partial charge in [-0.2, -0.15) is 0 Å². The largest absolute Gasteiger partial charge is 0.478 e. The van der Waals surface area contributed by atoms with Gasteiger partial charge in [0.25, 0.3) is 0 Å². The minimum atomic E-state index is -3.51. The van der Waals surface area contributed by atoms with Crippen molar-refractivity contribution in [3.8, 4) is 0 Å². The molecule has 0 aliphatic carbocycles. The average molecular weight is 328 g/mol. The molecule has 8 heteroatoms. The zero-order valence-corrected chi connectivity index (χ0v) is 13.5. The predicted molar refractivity (Wildman–Crippen MR) is 82.7 cm³/mol. The average Bonchev–Trinajstić information content (AvgIpc) is 2.46. The summed E-state index contributed by atoms with van der Waals surface area (Å²) in [7, 11) is -2.16. The van der Waals surface area contributed by atoms with Crippen LogP contribution in [0.3, 0.4) is 0 Å². The third-order valence-electron chi connectivity index (χ3n) is 3.64. The molecule has 0 bridgehead atoms. The Morgan fingerprint density at radius 2 is 2.00 bits per heavy atom. The molecule has 1 aromatic rings. The molecule has 0 amide bonds. The van der Waals surface area contributed by atoms with Gasteiger partial charge in [0.05, 0.1) is 30.7 Å². The fraction of sp³-hybridized carbons (Fsp3) is 0.500. The molecule has 1 aliphatic rings. The minimum Gasteiger partial charge on any atom is -0.478 e. The molecule has 1 fully saturated rings. The molecule has 0 aromatic heterocycles. The molecule has 7 nitrogen and oxygen atoms in total. The molecule has 122 valence electrons. The Morgan fingerprint density at radius 3 is 2.55 bits per heavy atom. The van der Waals surface area contributed by atoms with Gasteiger partial charge in [-0.1, -0.05) is 6.07 Å². The lowest BCUT2D eigenvalue weighted by Crippen LogP contribution is -2.35. The molecular weight excluding hydrogens is 308 g/mol. The Kier molecular flexibility index (Phi) is 5.05. The molecule has 1 aromatic carbocycles. The molecule has 0 radical (unpaired) electrons. The molecule has 22 heavy (non-hydrogen) atoms. The van der Waals surface area contributed by atoms with Gasteiger partial charge < -0.3 is 9.84 Å². The highest BCUT2D eigenvalue weighted by Crippen LogP contribution is 2.24. The second-order valence-corrected chi connectivity index (χ2v) is 7.29. The quantitative estimate of drug-likeness (QED) is 0.852. The van der Waals surface area contributed by atoms with Crippen LogP contribution in [0.25, 0.3) is 0 Å². The van der Waals surface area contributed by atoms with E-state index in [0.29, 0.717) is 19.8 Å². The van der Waals surface area contributed by atoms with Crippen molar-refractivity contribution >= 4 is 21.7 Å². The van der Waals surface area contributed by atoms with Gasteiger partial charge in [0.2, 0.25) is 10.0 Å². The van der Waals surface area contributed by atoms with Crippen molar-refractivity contribution in [1.29, 1.82) is 0 Å². The number of benzene rings is 1. The molecule has 2 rings (SSSR count). The topological polar surface area (TPSA) is 87.2 Å². The first kappa shape index (κ1) is 16.7. The molecule has 0 saturated carbocycles. The van der Waals surface area contributed by atoms with Gasteiger partial charge in [-0.05, 0) is 17.7 Å². The number of carbonyl (C=O) groups is 1. The number of aromatic carboxylic acids is 1. The first-order chi connectivity index (χ1) is 10.3. The SMILES string of the molecule is CN(c1ccc(CN2CCOCC2)cc1C(=O)O)S(C)(=O)=O. The van der Waals surface area contributed by atoms with E-state index in [1.165, 1.54) is 13.1 Å². The Hall–Kier alpha value is -1.64. The van der Waals surface area contributed by atoms with Crippen molar-refractivity contribution < 1.29 is 23.1 Å². The highest BCUT2D eigenvalue weighted by molar-refractivity contribution is 7.92. The van der Waals surface area contributed by atoms with Gasteiger partial charge in [0.15, 0.2) is 0 Å². The number of nitrogens with zero attached hydrogens (tertiary/aromatic N) is 2. The van der Waals surface area contributed by atoms with Crippen molar-refractivity contribution in [3.05, 3.63) is 29.3 Å². The van der Waals surface area contributed by atoms with Crippen LogP contribution in [-0.2, 0) is 21.3 Å². The Bertz CT molecular complexity index is 653. The van der Waals surface area contributed by atoms with Crippen molar-refractivity contribution in [2.75, 3.05) is 43.9 Å². The number of carboxylic acids is 1. The van der Waals surface area contributed by atoms with E-state index in [1.807, 2.05) is 0 Å². The van der Waals surface area contributed by atoms with E-state index in [2.05, 4.69) is 4.90 Å². The number of sulfonamides is 1. The molecule has 0 atom stereocenters. The van der Waals surface area contributed by atoms with Crippen molar-refractivity contribution in [2.45, 2.75) is 6.54 Å². The number of anilines is 1. The highest BCUT2D eigenvalue weighted by Gasteiger charge is 2.20. The third-order valence-corrected chi connectivity index (χ3v) is 4.83. The second-order valence-electron chi connectivity index (χ2n) is 5.28. The molecule has 1 heterocycles. The molecule has 1 saturated heterocycles. The number of hydrogen-bond acceptors (Lipinski definition) is 5. The Balaban J connectivity index is 2.28. The lowest BCUT2D eigenvalue weighted by atomic mass is 10.1. The zero-order chi connectivity index (χ0) is 16.3. The van der Waals surface area contributed by atoms with Crippen LogP contribution >= 0.6 is 0 Å². The van der Waals surface area contributed by atoms with Crippen LogP contribution in [0.1, 0.15) is 15.9 Å². The smallest absolute Gasteiger partial charge is 0.337 e. The zero-order valence-electron chi connectivity index (χ0n) is 12.7. The van der Waals surface area contributed by atoms with Gasteiger partial charge in [-0.25, -0.2) is 13.2 Å². The van der Waals surface area contributed by atoms with Crippen molar-refractivity contribution in [1.82, 2.24) is 4.90 Å². The number of hydrogen-bond donors (Lipinski definition) is 1. The van der Waals surface area contributed by atoms with E-state index in [4.69, 9.17) is 4.74 Å². The summed E-state index contributed by atoms with van der Waals surface area (Å²) in [4.78, 5) is 13.6. The molecule has 0 spiro atoms. The fourth-order valence-corrected chi connectivity index (χ4v) is 2.84. The highest BCUT2D eigenvalue weighted by atomic mass is 32.2. The van der Waals surface area contributed by atoms with Crippen LogP contribution in [0.15, 0.2) is 18.2 Å². The summed E-state index contributed by atoms with van der Waals surface area (Å²) in [6.45, 7) is 3.55. The monoisotopic (exact) mass is 328 g/mol. The van der Waals surface area contributed by atoms with Gasteiger partial charge in [0.1, 0.15) is 0 Å². The molecule has 0 unspecified atom stereocenters. The minimum absolute atomic E-state index is 0.0151. The summed E-state index contributed by atoms with van der Waals surface area (Å²) in [6, 6.07) is 4.84. The Labute approximate surface area is 130 Å². The van der Waals surface area contributed by atoms with Crippen molar-refractivity contribution in [3.63, 3.8) is 0 Å². The summed E-state index contributed by atoms with van der Waals surface area (Å²) in [5.74, 6) is -1.14. The van der Waals surface area contributed by atoms with E-state index in [0.717, 1.165) is 29.2 Å². The van der Waals surface area contributed by atoms with Crippen LogP contribution in [0.5, 0.6) is 0 Å². The van der Waals surface area contributed by atoms with Gasteiger partial charge in [-0.15, -0.1) is 0 Å². The van der Waals surface area contributed by atoms with Crippen LogP contribution in [0.2, 0.25) is 0 Å². The van der Waals surface area contributed by atoms with Gasteiger partial charge in [0, 0.05) is 26.7 Å². The summed E-state index contributed by atoms with van der Waals surface area (Å²) in [5, 5.41) is 9.36. The van der Waals surface area contributed by atoms with Gasteiger partial charge >= 0.3 is 5.97 Å². The van der Waals surface area contributed by atoms with E-state index in [1.54, 1.807) is 12.1 Å². The maximum Gasteiger partial charge on any atom is 0.337 e. The Morgan fingerprint density at radius 1 is 1.36 bits per heavy atom. The number of ether oxygens (including phenoxy) is 1. The maximum atomic E-state index is 11.6. The van der Waals surface area contributed by atoms with E-state index in [-0.39, 0.29) is 11.3 Å². The van der Waals surface area contributed by atoms with Crippen molar-refractivity contribution in [2.24, 2.45) is 0 Å². The van der Waals surface area contributed by atoms with Crippen LogP contribution in [0.4, 0.5) is 5.69 Å².